The molecule has 1 aromatic heterocycles. The van der Waals surface area contributed by atoms with E-state index in [1.807, 2.05) is 0 Å². The van der Waals surface area contributed by atoms with E-state index in [1.54, 1.807) is 4.90 Å². The molecule has 134 valence electrons. The van der Waals surface area contributed by atoms with E-state index >= 15 is 0 Å². The number of nitrogens with two attached hydrogens (primary N) is 1. The van der Waals surface area contributed by atoms with Crippen molar-refractivity contribution in [1.29, 1.82) is 0 Å². The third-order valence-corrected chi connectivity index (χ3v) is 6.82. The number of anilines is 1. The van der Waals surface area contributed by atoms with Crippen molar-refractivity contribution in [2.75, 3.05) is 18.0 Å². The fraction of sp³-hybridized carbons (Fsp3) is 0.500. The quantitative estimate of drug-likeness (QED) is 0.385. The van der Waals surface area contributed by atoms with E-state index in [0.29, 0.717) is 33.8 Å². The van der Waals surface area contributed by atoms with Gasteiger partial charge in [0.15, 0.2) is 4.34 Å². The van der Waals surface area contributed by atoms with E-state index in [9.17, 15) is 19.5 Å². The molecule has 3 atom stereocenters. The fourth-order valence-corrected chi connectivity index (χ4v) is 5.58. The van der Waals surface area contributed by atoms with Crippen molar-refractivity contribution in [2.45, 2.75) is 29.8 Å². The summed E-state index contributed by atoms with van der Waals surface area (Å²) in [6, 6.07) is -0.720. The molecule has 3 N–H and O–H groups in total. The molecule has 4 heterocycles. The molecule has 0 aliphatic carbocycles. The first-order valence-corrected chi connectivity index (χ1v) is 9.46. The first-order valence-electron chi connectivity index (χ1n) is 7.66. The summed E-state index contributed by atoms with van der Waals surface area (Å²) in [6.07, 6.45) is 0.553. The van der Waals surface area contributed by atoms with Crippen LogP contribution in [0.1, 0.15) is 13.3 Å². The zero-order valence-corrected chi connectivity index (χ0v) is 14.8. The molecule has 3 aliphatic heterocycles. The number of carboxylic acid groups (broad SMARTS) is 1. The predicted molar refractivity (Wildman–Crippen MR) is 96.8 cm³/mol. The standard InChI is InChI=1S/C14H15N5O4S2.Na.H/c1-5(20)18-3-6-2-7(4-24-14-17-16-13(15)25-14)9(12(22)23)19-8(6)10(18)11(19)21;;/h6,8,10H,2-4H2,1H3,(H2,15,16)(H,22,23);;/t6-,8-,10+;;/m1../s1. The first kappa shape index (κ1) is 19.6. The van der Waals surface area contributed by atoms with Crippen molar-refractivity contribution in [3.63, 3.8) is 0 Å². The van der Waals surface area contributed by atoms with Gasteiger partial charge in [0.1, 0.15) is 11.7 Å². The maximum absolute atomic E-state index is 12.5. The number of nitrogen functional groups attached to an aromatic ring is 1. The number of carbonyl (C=O) groups excluding carboxylic acids is 2. The summed E-state index contributed by atoms with van der Waals surface area (Å²) in [5, 5.41) is 17.6. The second kappa shape index (κ2) is 7.12. The number of aliphatic carboxylic acids is 1. The Morgan fingerprint density at radius 1 is 1.42 bits per heavy atom. The van der Waals surface area contributed by atoms with Crippen molar-refractivity contribution in [2.24, 2.45) is 5.92 Å². The van der Waals surface area contributed by atoms with Gasteiger partial charge in [0, 0.05) is 25.1 Å². The van der Waals surface area contributed by atoms with Gasteiger partial charge in [-0.1, -0.05) is 23.1 Å². The molecule has 12 heteroatoms. The zero-order chi connectivity index (χ0) is 17.9. The number of rotatable bonds is 4. The summed E-state index contributed by atoms with van der Waals surface area (Å²) < 4.78 is 0.654. The van der Waals surface area contributed by atoms with E-state index in [2.05, 4.69) is 10.2 Å². The van der Waals surface area contributed by atoms with Crippen LogP contribution in [0.4, 0.5) is 5.13 Å². The van der Waals surface area contributed by atoms with Crippen LogP contribution in [0.25, 0.3) is 0 Å². The predicted octanol–water partition coefficient (Wildman–Crippen LogP) is -0.636. The molecule has 3 aliphatic rings. The van der Waals surface area contributed by atoms with Gasteiger partial charge in [0.25, 0.3) is 5.91 Å². The maximum atomic E-state index is 12.5. The number of amides is 2. The molecular weight excluding hydrogens is 389 g/mol. The molecule has 0 bridgehead atoms. The number of nitrogens with zero attached hydrogens (tertiary/aromatic N) is 4. The van der Waals surface area contributed by atoms with E-state index in [1.165, 1.54) is 34.9 Å². The Hall–Kier alpha value is -1.14. The molecule has 0 aromatic carbocycles. The Bertz CT molecular complexity index is 828. The summed E-state index contributed by atoms with van der Waals surface area (Å²) in [6.45, 7) is 1.93. The zero-order valence-electron chi connectivity index (χ0n) is 13.2. The summed E-state index contributed by atoms with van der Waals surface area (Å²) in [5.74, 6) is -1.09. The minimum absolute atomic E-state index is 0. The Labute approximate surface area is 179 Å². The molecule has 0 radical (unpaired) electrons. The van der Waals surface area contributed by atoms with E-state index in [-0.39, 0.29) is 59.0 Å². The molecule has 1 aromatic rings. The van der Waals surface area contributed by atoms with Crippen LogP contribution in [0.3, 0.4) is 0 Å². The monoisotopic (exact) mass is 405 g/mol. The average Bonchev–Trinajstić information content (AvgIpc) is 3.12. The van der Waals surface area contributed by atoms with Gasteiger partial charge < -0.3 is 15.7 Å². The van der Waals surface area contributed by atoms with Crippen molar-refractivity contribution in [3.05, 3.63) is 11.3 Å². The second-order valence-electron chi connectivity index (χ2n) is 6.23. The van der Waals surface area contributed by atoms with Crippen LogP contribution in [0.5, 0.6) is 0 Å². The molecule has 2 fully saturated rings. The molecule has 4 rings (SSSR count). The molecule has 2 saturated heterocycles. The van der Waals surface area contributed by atoms with Crippen LogP contribution in [-0.4, -0.2) is 96.8 Å². The topological polar surface area (TPSA) is 130 Å². The van der Waals surface area contributed by atoms with Crippen LogP contribution in [0, 0.1) is 5.92 Å². The van der Waals surface area contributed by atoms with Gasteiger partial charge in [-0.3, -0.25) is 14.5 Å². The molecule has 0 unspecified atom stereocenters. The second-order valence-corrected chi connectivity index (χ2v) is 8.46. The SMILES string of the molecule is CC(=O)N1C[C@H]2CC(CSc3nnc(N)s3)=C(C(=O)O)N3C(=O)[C@@H]1[C@@H]23.[NaH]. The van der Waals surface area contributed by atoms with Crippen molar-refractivity contribution in [3.8, 4) is 0 Å². The summed E-state index contributed by atoms with van der Waals surface area (Å²) >= 11 is 2.59. The van der Waals surface area contributed by atoms with Crippen LogP contribution >= 0.6 is 23.1 Å². The summed E-state index contributed by atoms with van der Waals surface area (Å²) in [5.41, 5.74) is 6.30. The molecule has 0 saturated carbocycles. The number of thioether (sulfide) groups is 1. The van der Waals surface area contributed by atoms with Gasteiger partial charge in [-0.2, -0.15) is 0 Å². The van der Waals surface area contributed by atoms with Gasteiger partial charge in [-0.05, 0) is 12.0 Å². The molecule has 9 nitrogen and oxygen atoms in total. The van der Waals surface area contributed by atoms with Crippen LogP contribution < -0.4 is 5.73 Å². The molecule has 26 heavy (non-hydrogen) atoms. The number of aromatic nitrogens is 2. The van der Waals surface area contributed by atoms with Crippen molar-refractivity contribution >= 4 is 75.6 Å². The summed E-state index contributed by atoms with van der Waals surface area (Å²) in [4.78, 5) is 39.0. The number of β-lactam (4-membered cyclic amide) rings is 1. The molecule has 0 spiro atoms. The first-order chi connectivity index (χ1) is 11.9. The number of hydrogen-bond acceptors (Lipinski definition) is 8. The van der Waals surface area contributed by atoms with E-state index < -0.39 is 12.0 Å². The summed E-state index contributed by atoms with van der Waals surface area (Å²) in [7, 11) is 0. The van der Waals surface area contributed by atoms with Gasteiger partial charge in [-0.15, -0.1) is 10.2 Å². The third-order valence-electron chi connectivity index (χ3n) is 4.85. The Kier molecular flexibility index (Phi) is 5.37. The molecule has 2 amide bonds. The van der Waals surface area contributed by atoms with E-state index in [4.69, 9.17) is 5.73 Å². The normalized spacial score (nSPS) is 26.3. The van der Waals surface area contributed by atoms with Gasteiger partial charge in [-0.25, -0.2) is 4.79 Å². The number of carboxylic acids is 1. The third kappa shape index (κ3) is 2.95. The van der Waals surface area contributed by atoms with Crippen molar-refractivity contribution < 1.29 is 19.5 Å². The number of carbonyl (C=O) groups is 3. The fourth-order valence-electron chi connectivity index (χ4n) is 3.92. The van der Waals surface area contributed by atoms with Crippen LogP contribution in [-0.2, 0) is 14.4 Å². The Balaban J connectivity index is 0.00000196. The van der Waals surface area contributed by atoms with Crippen LogP contribution in [0.15, 0.2) is 15.6 Å². The van der Waals surface area contributed by atoms with Crippen molar-refractivity contribution in [1.82, 2.24) is 20.0 Å². The molecular formula is C14H16N5NaO4S2. The average molecular weight is 405 g/mol. The van der Waals surface area contributed by atoms with E-state index in [0.717, 1.165) is 0 Å². The number of hydrogen-bond donors (Lipinski definition) is 2. The van der Waals surface area contributed by atoms with Gasteiger partial charge >= 0.3 is 35.5 Å². The Morgan fingerprint density at radius 3 is 2.73 bits per heavy atom. The van der Waals surface area contributed by atoms with Gasteiger partial charge in [0.05, 0.1) is 6.04 Å². The minimum atomic E-state index is -1.11. The van der Waals surface area contributed by atoms with Gasteiger partial charge in [0.2, 0.25) is 11.0 Å². The van der Waals surface area contributed by atoms with Crippen LogP contribution in [0.2, 0.25) is 0 Å². The number of likely N-dealkylation sites (tertiary alicyclic amines) is 1. The Morgan fingerprint density at radius 2 is 2.15 bits per heavy atom.